The number of carbonyl (C=O) groups excluding carboxylic acids is 1. The number of hydrogen-bond acceptors (Lipinski definition) is 6. The van der Waals surface area contributed by atoms with Crippen LogP contribution in [0, 0.1) is 11.3 Å². The van der Waals surface area contributed by atoms with E-state index in [2.05, 4.69) is 11.4 Å². The fourth-order valence-electron chi connectivity index (χ4n) is 4.70. The smallest absolute Gasteiger partial charge is 0.255 e. The number of nitrogens with two attached hydrogens (primary N) is 1. The third kappa shape index (κ3) is 4.06. The Morgan fingerprint density at radius 2 is 1.83 bits per heavy atom. The summed E-state index contributed by atoms with van der Waals surface area (Å²) in [6.07, 6.45) is -0.158. The van der Waals surface area contributed by atoms with Crippen LogP contribution in [0.25, 0.3) is 11.3 Å². The second kappa shape index (κ2) is 9.56. The predicted molar refractivity (Wildman–Crippen MR) is 135 cm³/mol. The summed E-state index contributed by atoms with van der Waals surface area (Å²) in [5.74, 6) is 0.559. The van der Waals surface area contributed by atoms with Gasteiger partial charge < -0.3 is 20.9 Å². The van der Waals surface area contributed by atoms with Crippen molar-refractivity contribution in [1.29, 1.82) is 5.26 Å². The minimum absolute atomic E-state index is 0.228. The highest BCUT2D eigenvalue weighted by atomic mass is 16.5. The van der Waals surface area contributed by atoms with E-state index in [1.165, 1.54) is 7.11 Å². The molecule has 1 aliphatic carbocycles. The molecule has 0 saturated heterocycles. The normalized spacial score (nSPS) is 16.2. The van der Waals surface area contributed by atoms with Crippen molar-refractivity contribution in [1.82, 2.24) is 15.1 Å². The molecular formula is C28H25N5O3. The maximum absolute atomic E-state index is 12.6. The van der Waals surface area contributed by atoms with Crippen LogP contribution in [0.2, 0.25) is 0 Å². The van der Waals surface area contributed by atoms with Crippen molar-refractivity contribution >= 4 is 11.7 Å². The number of rotatable bonds is 6. The van der Waals surface area contributed by atoms with Crippen LogP contribution in [0.1, 0.15) is 51.2 Å². The Kier molecular flexibility index (Phi) is 6.15. The molecule has 180 valence electrons. The van der Waals surface area contributed by atoms with Crippen molar-refractivity contribution in [2.75, 3.05) is 12.8 Å². The molecule has 4 aromatic rings. The first-order valence-corrected chi connectivity index (χ1v) is 11.6. The van der Waals surface area contributed by atoms with Gasteiger partial charge in [-0.15, -0.1) is 0 Å². The molecule has 0 bridgehead atoms. The van der Waals surface area contributed by atoms with Crippen molar-refractivity contribution in [3.05, 3.63) is 101 Å². The molecule has 0 aliphatic heterocycles. The molecule has 36 heavy (non-hydrogen) atoms. The van der Waals surface area contributed by atoms with E-state index in [0.717, 1.165) is 22.3 Å². The number of ether oxygens (including phenoxy) is 1. The van der Waals surface area contributed by atoms with Gasteiger partial charge >= 0.3 is 0 Å². The number of para-hydroxylation sites is 1. The number of nitrogens with zero attached hydrogens (tertiary/aromatic N) is 3. The molecule has 0 fully saturated rings. The molecule has 5 rings (SSSR count). The molecule has 8 nitrogen and oxygen atoms in total. The van der Waals surface area contributed by atoms with Gasteiger partial charge in [0.2, 0.25) is 0 Å². The molecule has 1 heterocycles. The summed E-state index contributed by atoms with van der Waals surface area (Å²) in [6, 6.07) is 24.1. The molecule has 2 unspecified atom stereocenters. The number of anilines is 1. The van der Waals surface area contributed by atoms with E-state index in [1.807, 2.05) is 54.6 Å². The van der Waals surface area contributed by atoms with E-state index in [9.17, 15) is 15.2 Å². The van der Waals surface area contributed by atoms with E-state index >= 15 is 0 Å². The minimum atomic E-state index is -0.603. The summed E-state index contributed by atoms with van der Waals surface area (Å²) >= 11 is 0. The van der Waals surface area contributed by atoms with Gasteiger partial charge in [0.05, 0.1) is 24.8 Å². The lowest BCUT2D eigenvalue weighted by Gasteiger charge is -2.13. The number of nitriles is 1. The number of methoxy groups -OCH3 is 1. The Labute approximate surface area is 208 Å². The van der Waals surface area contributed by atoms with Crippen LogP contribution < -0.4 is 15.8 Å². The number of aliphatic hydroxyl groups excluding tert-OH is 1. The first-order chi connectivity index (χ1) is 17.5. The number of benzene rings is 3. The van der Waals surface area contributed by atoms with Crippen LogP contribution in [-0.4, -0.2) is 27.9 Å². The van der Waals surface area contributed by atoms with Crippen molar-refractivity contribution in [2.45, 2.75) is 25.1 Å². The van der Waals surface area contributed by atoms with Gasteiger partial charge in [0, 0.05) is 18.5 Å². The SMILES string of the molecule is COc1ccccc1C(=O)NCc1ccc(-c2nn(C3CC(O)c4ccccc43)c(N)c2C#N)cc1. The third-order valence-corrected chi connectivity index (χ3v) is 6.55. The largest absolute Gasteiger partial charge is 0.496 e. The van der Waals surface area contributed by atoms with Gasteiger partial charge in [-0.25, -0.2) is 4.68 Å². The topological polar surface area (TPSA) is 126 Å². The molecule has 0 radical (unpaired) electrons. The monoisotopic (exact) mass is 479 g/mol. The minimum Gasteiger partial charge on any atom is -0.496 e. The third-order valence-electron chi connectivity index (χ3n) is 6.55. The fourth-order valence-corrected chi connectivity index (χ4v) is 4.70. The van der Waals surface area contributed by atoms with Crippen molar-refractivity contribution in [2.24, 2.45) is 0 Å². The van der Waals surface area contributed by atoms with Crippen LogP contribution >= 0.6 is 0 Å². The number of aliphatic hydroxyl groups is 1. The van der Waals surface area contributed by atoms with Crippen LogP contribution in [0.3, 0.4) is 0 Å². The van der Waals surface area contributed by atoms with Gasteiger partial charge in [0.15, 0.2) is 0 Å². The zero-order chi connectivity index (χ0) is 25.2. The first-order valence-electron chi connectivity index (χ1n) is 11.6. The lowest BCUT2D eigenvalue weighted by molar-refractivity contribution is 0.0948. The lowest BCUT2D eigenvalue weighted by Crippen LogP contribution is -2.23. The molecule has 0 saturated carbocycles. The summed E-state index contributed by atoms with van der Waals surface area (Å²) < 4.78 is 6.90. The first kappa shape index (κ1) is 23.1. The Balaban J connectivity index is 1.37. The molecular weight excluding hydrogens is 454 g/mol. The molecule has 3 aromatic carbocycles. The molecule has 0 spiro atoms. The molecule has 1 aromatic heterocycles. The second-order valence-electron chi connectivity index (χ2n) is 8.64. The summed E-state index contributed by atoms with van der Waals surface area (Å²) in [5.41, 5.74) is 11.1. The summed E-state index contributed by atoms with van der Waals surface area (Å²) in [5, 5.41) is 27.9. The highest BCUT2D eigenvalue weighted by Crippen LogP contribution is 2.43. The molecule has 8 heteroatoms. The van der Waals surface area contributed by atoms with E-state index in [1.54, 1.807) is 22.9 Å². The number of carbonyl (C=O) groups is 1. The van der Waals surface area contributed by atoms with Gasteiger partial charge in [-0.3, -0.25) is 4.79 Å². The maximum atomic E-state index is 12.6. The average Bonchev–Trinajstić information content (AvgIpc) is 3.43. The van der Waals surface area contributed by atoms with Crippen molar-refractivity contribution in [3.63, 3.8) is 0 Å². The van der Waals surface area contributed by atoms with Crippen LogP contribution in [0.15, 0.2) is 72.8 Å². The second-order valence-corrected chi connectivity index (χ2v) is 8.64. The summed E-state index contributed by atoms with van der Waals surface area (Å²) in [4.78, 5) is 12.6. The highest BCUT2D eigenvalue weighted by Gasteiger charge is 2.33. The Hall–Kier alpha value is -4.61. The van der Waals surface area contributed by atoms with Gasteiger partial charge in [-0.1, -0.05) is 60.7 Å². The highest BCUT2D eigenvalue weighted by molar-refractivity contribution is 5.96. The average molecular weight is 480 g/mol. The van der Waals surface area contributed by atoms with Crippen LogP contribution in [0.5, 0.6) is 5.75 Å². The zero-order valence-corrected chi connectivity index (χ0v) is 19.7. The number of amides is 1. The number of nitrogens with one attached hydrogen (secondary N) is 1. The van der Waals surface area contributed by atoms with Gasteiger partial charge in [-0.05, 0) is 28.8 Å². The summed E-state index contributed by atoms with van der Waals surface area (Å²) in [6.45, 7) is 0.329. The van der Waals surface area contributed by atoms with Crippen molar-refractivity contribution < 1.29 is 14.6 Å². The standard InChI is InChI=1S/C28H25N5O3/c1-36-25-9-5-4-8-21(25)28(35)31-16-17-10-12-18(13-11-17)26-22(15-29)27(30)33(32-26)23-14-24(34)20-7-3-2-6-19(20)23/h2-13,23-24,34H,14,16,30H2,1H3,(H,31,35). The maximum Gasteiger partial charge on any atom is 0.255 e. The molecule has 1 aliphatic rings. The van der Waals surface area contributed by atoms with Crippen molar-refractivity contribution in [3.8, 4) is 23.1 Å². The predicted octanol–water partition coefficient (Wildman–Crippen LogP) is 3.97. The summed E-state index contributed by atoms with van der Waals surface area (Å²) in [7, 11) is 1.53. The Morgan fingerprint density at radius 1 is 1.14 bits per heavy atom. The van der Waals surface area contributed by atoms with Gasteiger partial charge in [0.1, 0.15) is 28.9 Å². The van der Waals surface area contributed by atoms with Gasteiger partial charge in [-0.2, -0.15) is 10.4 Å². The van der Waals surface area contributed by atoms with E-state index < -0.39 is 6.10 Å². The number of fused-ring (bicyclic) bond motifs is 1. The molecule has 1 amide bonds. The number of hydrogen-bond donors (Lipinski definition) is 3. The number of aromatic nitrogens is 2. The lowest BCUT2D eigenvalue weighted by atomic mass is 10.1. The van der Waals surface area contributed by atoms with E-state index in [-0.39, 0.29) is 17.8 Å². The fraction of sp³-hybridized carbons (Fsp3) is 0.179. The van der Waals surface area contributed by atoms with Crippen LogP contribution in [-0.2, 0) is 6.54 Å². The zero-order valence-electron chi connectivity index (χ0n) is 19.7. The molecule has 4 N–H and O–H groups in total. The van der Waals surface area contributed by atoms with Crippen LogP contribution in [0.4, 0.5) is 5.82 Å². The van der Waals surface area contributed by atoms with E-state index in [0.29, 0.717) is 35.5 Å². The Bertz CT molecular complexity index is 1470. The Morgan fingerprint density at radius 3 is 2.56 bits per heavy atom. The van der Waals surface area contributed by atoms with E-state index in [4.69, 9.17) is 15.6 Å². The molecule has 2 atom stereocenters. The number of nitrogen functional groups attached to an aromatic ring is 1. The van der Waals surface area contributed by atoms with Gasteiger partial charge in [0.25, 0.3) is 5.91 Å². The quantitative estimate of drug-likeness (QED) is 0.384.